The number of ether oxygens (including phenoxy) is 1. The maximum Gasteiger partial charge on any atom is 0.416 e. The van der Waals surface area contributed by atoms with E-state index in [0.717, 1.165) is 22.0 Å². The number of imidazole rings is 1. The maximum absolute atomic E-state index is 12.8. The summed E-state index contributed by atoms with van der Waals surface area (Å²) in [5, 5.41) is 2.84. The van der Waals surface area contributed by atoms with Gasteiger partial charge in [-0.25, -0.2) is 9.97 Å². The quantitative estimate of drug-likeness (QED) is 0.461. The average Bonchev–Trinajstić information content (AvgIpc) is 3.20. The van der Waals surface area contributed by atoms with Crippen molar-refractivity contribution in [1.29, 1.82) is 0 Å². The van der Waals surface area contributed by atoms with Gasteiger partial charge in [-0.2, -0.15) is 13.2 Å². The molecule has 0 bridgehead atoms. The number of aromatic nitrogens is 3. The van der Waals surface area contributed by atoms with E-state index in [2.05, 4.69) is 15.3 Å². The number of pyridine rings is 1. The van der Waals surface area contributed by atoms with Gasteiger partial charge in [0.05, 0.1) is 11.3 Å². The number of hydrogen-bond acceptors (Lipinski definition) is 5. The number of carbonyl (C=O) groups is 1. The Hall–Kier alpha value is -3.40. The molecule has 0 radical (unpaired) electrons. The number of benzene rings is 1. The normalized spacial score (nSPS) is 11.6. The summed E-state index contributed by atoms with van der Waals surface area (Å²) in [5.41, 5.74) is 1.04. The fourth-order valence-electron chi connectivity index (χ4n) is 3.04. The average molecular weight is 446 g/mol. The molecule has 0 fully saturated rings. The van der Waals surface area contributed by atoms with E-state index in [-0.39, 0.29) is 24.1 Å². The van der Waals surface area contributed by atoms with Crippen molar-refractivity contribution in [2.24, 2.45) is 0 Å². The van der Waals surface area contributed by atoms with Crippen molar-refractivity contribution in [2.75, 3.05) is 0 Å². The van der Waals surface area contributed by atoms with Crippen LogP contribution in [0.15, 0.2) is 48.8 Å². The second-order valence-corrected chi connectivity index (χ2v) is 8.07. The van der Waals surface area contributed by atoms with Gasteiger partial charge in [0, 0.05) is 29.9 Å². The first-order valence-corrected chi connectivity index (χ1v) is 10.1. The Balaban J connectivity index is 1.41. The number of alkyl halides is 3. The van der Waals surface area contributed by atoms with Crippen LogP contribution in [0.2, 0.25) is 0 Å². The fraction of sp³-hybridized carbons (Fsp3) is 0.190. The molecule has 1 N–H and O–H groups in total. The number of rotatable bonds is 5. The lowest BCUT2D eigenvalue weighted by Crippen LogP contribution is -2.24. The van der Waals surface area contributed by atoms with Crippen LogP contribution in [0.25, 0.3) is 4.96 Å². The van der Waals surface area contributed by atoms with Gasteiger partial charge in [-0.05, 0) is 37.6 Å². The topological polar surface area (TPSA) is 68.5 Å². The van der Waals surface area contributed by atoms with E-state index >= 15 is 0 Å². The molecule has 0 aliphatic carbocycles. The van der Waals surface area contributed by atoms with Crippen molar-refractivity contribution < 1.29 is 22.7 Å². The number of fused-ring (bicyclic) bond motifs is 1. The first kappa shape index (κ1) is 20.9. The third-order valence-corrected chi connectivity index (χ3v) is 5.36. The Bertz CT molecular complexity index is 1250. The third kappa shape index (κ3) is 4.53. The largest absolute Gasteiger partial charge is 0.439 e. The molecule has 4 rings (SSSR count). The summed E-state index contributed by atoms with van der Waals surface area (Å²) in [6, 6.07) is 7.80. The zero-order valence-electron chi connectivity index (χ0n) is 16.5. The van der Waals surface area contributed by atoms with Crippen LogP contribution in [0.4, 0.5) is 13.2 Å². The Morgan fingerprint density at radius 2 is 2.03 bits per heavy atom. The van der Waals surface area contributed by atoms with Crippen molar-refractivity contribution in [2.45, 2.75) is 26.6 Å². The monoisotopic (exact) mass is 446 g/mol. The van der Waals surface area contributed by atoms with Crippen LogP contribution >= 0.6 is 11.3 Å². The maximum atomic E-state index is 12.8. The molecule has 3 aromatic heterocycles. The molecule has 4 aromatic rings. The third-order valence-electron chi connectivity index (χ3n) is 4.47. The minimum absolute atomic E-state index is 0.0367. The van der Waals surface area contributed by atoms with Crippen LogP contribution in [0.1, 0.15) is 32.2 Å². The summed E-state index contributed by atoms with van der Waals surface area (Å²) >= 11 is 1.51. The van der Waals surface area contributed by atoms with E-state index in [0.29, 0.717) is 17.0 Å². The molecule has 0 spiro atoms. The van der Waals surface area contributed by atoms with Crippen molar-refractivity contribution in [1.82, 2.24) is 19.7 Å². The summed E-state index contributed by atoms with van der Waals surface area (Å²) in [6.45, 7) is 3.96. The van der Waals surface area contributed by atoms with Crippen molar-refractivity contribution >= 4 is 22.2 Å². The van der Waals surface area contributed by atoms with Gasteiger partial charge in [0.2, 0.25) is 5.88 Å². The second-order valence-electron chi connectivity index (χ2n) is 6.86. The molecule has 0 saturated heterocycles. The van der Waals surface area contributed by atoms with Gasteiger partial charge in [0.25, 0.3) is 5.91 Å². The van der Waals surface area contributed by atoms with Crippen LogP contribution in [0.5, 0.6) is 11.6 Å². The number of nitrogens with zero attached hydrogens (tertiary/aromatic N) is 3. The Morgan fingerprint density at radius 1 is 1.23 bits per heavy atom. The molecule has 1 aromatic carbocycles. The first-order chi connectivity index (χ1) is 14.7. The van der Waals surface area contributed by atoms with Gasteiger partial charge >= 0.3 is 6.18 Å². The SMILES string of the molecule is Cc1cn2c(C(=O)NCc3ccc(Oc4cccc(C(F)(F)F)c4)nc3)c(C)nc2s1. The summed E-state index contributed by atoms with van der Waals surface area (Å²) < 4.78 is 45.6. The van der Waals surface area contributed by atoms with E-state index in [1.807, 2.05) is 13.1 Å². The highest BCUT2D eigenvalue weighted by atomic mass is 32.1. The number of carbonyl (C=O) groups excluding carboxylic acids is 1. The highest BCUT2D eigenvalue weighted by Gasteiger charge is 2.30. The van der Waals surface area contributed by atoms with Crippen LogP contribution in [-0.2, 0) is 12.7 Å². The fourth-order valence-corrected chi connectivity index (χ4v) is 3.91. The van der Waals surface area contributed by atoms with Crippen LogP contribution in [-0.4, -0.2) is 20.3 Å². The van der Waals surface area contributed by atoms with Crippen LogP contribution in [0, 0.1) is 13.8 Å². The molecule has 31 heavy (non-hydrogen) atoms. The molecule has 1 amide bonds. The number of halogens is 3. The van der Waals surface area contributed by atoms with Crippen molar-refractivity contribution in [3.8, 4) is 11.6 Å². The van der Waals surface area contributed by atoms with E-state index in [4.69, 9.17) is 4.74 Å². The van der Waals surface area contributed by atoms with Crippen LogP contribution < -0.4 is 10.1 Å². The number of thiazole rings is 1. The highest BCUT2D eigenvalue weighted by molar-refractivity contribution is 7.17. The lowest BCUT2D eigenvalue weighted by molar-refractivity contribution is -0.137. The second kappa shape index (κ2) is 8.03. The first-order valence-electron chi connectivity index (χ1n) is 9.24. The predicted molar refractivity (Wildman–Crippen MR) is 109 cm³/mol. The molecule has 0 atom stereocenters. The molecule has 10 heteroatoms. The molecule has 0 saturated carbocycles. The number of nitrogens with one attached hydrogen (secondary N) is 1. The van der Waals surface area contributed by atoms with Crippen molar-refractivity contribution in [3.05, 3.63) is 76.2 Å². The minimum Gasteiger partial charge on any atom is -0.439 e. The van der Waals surface area contributed by atoms with Crippen LogP contribution in [0.3, 0.4) is 0 Å². The zero-order valence-corrected chi connectivity index (χ0v) is 17.3. The Kier molecular flexibility index (Phi) is 5.40. The minimum atomic E-state index is -4.45. The van der Waals surface area contributed by atoms with Gasteiger partial charge in [0.15, 0.2) is 4.96 Å². The van der Waals surface area contributed by atoms with Gasteiger partial charge in [0.1, 0.15) is 11.4 Å². The lowest BCUT2D eigenvalue weighted by atomic mass is 10.2. The summed E-state index contributed by atoms with van der Waals surface area (Å²) in [4.78, 5) is 23.0. The van der Waals surface area contributed by atoms with Gasteiger partial charge in [-0.1, -0.05) is 12.1 Å². The molecular weight excluding hydrogens is 429 g/mol. The molecule has 0 aliphatic heterocycles. The Morgan fingerprint density at radius 3 is 2.74 bits per heavy atom. The summed E-state index contributed by atoms with van der Waals surface area (Å²) in [6.07, 6.45) is -1.08. The van der Waals surface area contributed by atoms with E-state index in [1.54, 1.807) is 17.4 Å². The molecule has 160 valence electrons. The van der Waals surface area contributed by atoms with Crippen molar-refractivity contribution in [3.63, 3.8) is 0 Å². The van der Waals surface area contributed by atoms with Gasteiger partial charge in [-0.15, -0.1) is 11.3 Å². The smallest absolute Gasteiger partial charge is 0.416 e. The van der Waals surface area contributed by atoms with E-state index in [9.17, 15) is 18.0 Å². The number of hydrogen-bond donors (Lipinski definition) is 1. The predicted octanol–water partition coefficient (Wildman–Crippen LogP) is 5.15. The zero-order chi connectivity index (χ0) is 22.2. The standard InChI is InChI=1S/C21H17F3N4O2S/c1-12-11-28-18(13(2)27-20(28)31-12)19(29)26-10-14-6-7-17(25-9-14)30-16-5-3-4-15(8-16)21(22,23)24/h3-9,11H,10H2,1-2H3,(H,26,29). The summed E-state index contributed by atoms with van der Waals surface area (Å²) in [5.74, 6) is -0.0711. The lowest BCUT2D eigenvalue weighted by Gasteiger charge is -2.10. The number of aryl methyl sites for hydroxylation is 2. The molecule has 0 aliphatic rings. The highest BCUT2D eigenvalue weighted by Crippen LogP contribution is 2.32. The van der Waals surface area contributed by atoms with Gasteiger partial charge in [-0.3, -0.25) is 9.20 Å². The van der Waals surface area contributed by atoms with E-state index < -0.39 is 11.7 Å². The molecule has 3 heterocycles. The molecular formula is C21H17F3N4O2S. The molecule has 6 nitrogen and oxygen atoms in total. The Labute approximate surface area is 179 Å². The summed E-state index contributed by atoms with van der Waals surface area (Å²) in [7, 11) is 0. The van der Waals surface area contributed by atoms with E-state index in [1.165, 1.54) is 35.7 Å². The van der Waals surface area contributed by atoms with Gasteiger partial charge < -0.3 is 10.1 Å². The molecule has 0 unspecified atom stereocenters. The number of amides is 1.